The Kier molecular flexibility index (Phi) is 4.10. The van der Waals surface area contributed by atoms with Gasteiger partial charge in [-0.15, -0.1) is 0 Å². The second-order valence-corrected chi connectivity index (χ2v) is 3.83. The van der Waals surface area contributed by atoms with Crippen LogP contribution in [0.15, 0.2) is 21.2 Å². The molecule has 1 amide bonds. The van der Waals surface area contributed by atoms with E-state index in [2.05, 4.69) is 21.4 Å². The molecule has 82 valence electrons. The zero-order valence-electron chi connectivity index (χ0n) is 7.99. The second kappa shape index (κ2) is 5.13. The van der Waals surface area contributed by atoms with Crippen molar-refractivity contribution in [2.75, 3.05) is 6.54 Å². The van der Waals surface area contributed by atoms with Gasteiger partial charge in [-0.05, 0) is 47.2 Å². The molecule has 0 saturated carbocycles. The van der Waals surface area contributed by atoms with Crippen LogP contribution in [0.5, 0.6) is 0 Å². The van der Waals surface area contributed by atoms with Crippen molar-refractivity contribution < 1.29 is 9.21 Å². The summed E-state index contributed by atoms with van der Waals surface area (Å²) in [5, 5.41) is 1.46. The van der Waals surface area contributed by atoms with E-state index in [1.807, 2.05) is 6.92 Å². The summed E-state index contributed by atoms with van der Waals surface area (Å²) in [4.78, 5) is 11.5. The highest BCUT2D eigenvalue weighted by Crippen LogP contribution is 2.13. The molecule has 0 aliphatic carbocycles. The zero-order valence-corrected chi connectivity index (χ0v) is 10.4. The number of nitrogens with one attached hydrogen (secondary N) is 1. The number of nitrogens with two attached hydrogens (primary N) is 1. The molecule has 1 heterocycles. The summed E-state index contributed by atoms with van der Waals surface area (Å²) >= 11 is 7.84. The molecule has 0 spiro atoms. The largest absolute Gasteiger partial charge is 0.444 e. The van der Waals surface area contributed by atoms with Gasteiger partial charge in [0, 0.05) is 6.54 Å². The van der Waals surface area contributed by atoms with Crippen LogP contribution in [0.1, 0.15) is 17.5 Å². The van der Waals surface area contributed by atoms with Gasteiger partial charge in [0.25, 0.3) is 0 Å². The Hall–Kier alpha value is -1.08. The molecule has 0 aliphatic rings. The summed E-state index contributed by atoms with van der Waals surface area (Å²) in [5.41, 5.74) is 7.89. The molecule has 1 aromatic rings. The second-order valence-electron chi connectivity index (χ2n) is 2.63. The average Bonchev–Trinajstić information content (AvgIpc) is 2.60. The maximum Gasteiger partial charge on any atom is 0.305 e. The number of amides is 1. The van der Waals surface area contributed by atoms with E-state index >= 15 is 0 Å². The lowest BCUT2D eigenvalue weighted by molar-refractivity contribution is 0.0844. The highest BCUT2D eigenvalue weighted by Gasteiger charge is 2.13. The maximum atomic E-state index is 11.5. The van der Waals surface area contributed by atoms with Crippen molar-refractivity contribution in [2.45, 2.75) is 6.92 Å². The van der Waals surface area contributed by atoms with E-state index in [4.69, 9.17) is 22.4 Å². The summed E-state index contributed by atoms with van der Waals surface area (Å²) in [5.74, 6) is -0.202. The number of carbonyl (C=O) groups excluding carboxylic acids is 1. The van der Waals surface area contributed by atoms with E-state index in [1.54, 1.807) is 12.1 Å². The van der Waals surface area contributed by atoms with Crippen LogP contribution in [-0.4, -0.2) is 22.6 Å². The van der Waals surface area contributed by atoms with Crippen LogP contribution >= 0.6 is 28.1 Å². The number of furan rings is 1. The fraction of sp³-hybridized carbons (Fsp3) is 0.250. The number of carbonyl (C=O) groups is 1. The van der Waals surface area contributed by atoms with Gasteiger partial charge in [0.15, 0.2) is 15.5 Å². The predicted octanol–water partition coefficient (Wildman–Crippen LogP) is 1.25. The van der Waals surface area contributed by atoms with E-state index < -0.39 is 5.91 Å². The molecule has 1 rings (SSSR count). The van der Waals surface area contributed by atoms with Crippen molar-refractivity contribution in [3.8, 4) is 0 Å². The quantitative estimate of drug-likeness (QED) is 0.634. The van der Waals surface area contributed by atoms with Gasteiger partial charge in [-0.2, -0.15) is 0 Å². The Bertz CT molecular complexity index is 380. The van der Waals surface area contributed by atoms with Crippen LogP contribution in [-0.2, 0) is 0 Å². The van der Waals surface area contributed by atoms with Crippen molar-refractivity contribution in [1.82, 2.24) is 10.4 Å². The van der Waals surface area contributed by atoms with Crippen LogP contribution < -0.4 is 11.2 Å². The van der Waals surface area contributed by atoms with Gasteiger partial charge in [-0.25, -0.2) is 0 Å². The Morgan fingerprint density at radius 2 is 2.40 bits per heavy atom. The van der Waals surface area contributed by atoms with Crippen LogP contribution in [0.2, 0.25) is 0 Å². The highest BCUT2D eigenvalue weighted by atomic mass is 79.9. The molecule has 0 aromatic carbocycles. The minimum absolute atomic E-state index is 0.108. The van der Waals surface area contributed by atoms with Crippen molar-refractivity contribution in [1.29, 1.82) is 0 Å². The van der Waals surface area contributed by atoms with Gasteiger partial charge < -0.3 is 10.2 Å². The molecular weight excluding hydrogens is 282 g/mol. The van der Waals surface area contributed by atoms with E-state index in [0.29, 0.717) is 11.2 Å². The van der Waals surface area contributed by atoms with Gasteiger partial charge in [0.2, 0.25) is 0 Å². The topological polar surface area (TPSA) is 71.5 Å². The van der Waals surface area contributed by atoms with Gasteiger partial charge in [0.1, 0.15) is 0 Å². The third-order valence-corrected chi connectivity index (χ3v) is 2.26. The molecule has 0 saturated heterocycles. The average molecular weight is 292 g/mol. The Morgan fingerprint density at radius 3 is 2.80 bits per heavy atom. The molecule has 0 unspecified atom stereocenters. The molecule has 5 nitrogen and oxygen atoms in total. The number of hydrogen-bond acceptors (Lipinski definition) is 3. The lowest BCUT2D eigenvalue weighted by Crippen LogP contribution is -2.48. The molecule has 7 heteroatoms. The SMILES string of the molecule is CCN(NC(=O)c1ccc(Br)o1)C(N)=S. The van der Waals surface area contributed by atoms with Gasteiger partial charge in [-0.1, -0.05) is 0 Å². The van der Waals surface area contributed by atoms with E-state index in [1.165, 1.54) is 5.01 Å². The monoisotopic (exact) mass is 291 g/mol. The number of rotatable bonds is 2. The summed E-state index contributed by atoms with van der Waals surface area (Å²) in [6, 6.07) is 3.18. The minimum Gasteiger partial charge on any atom is -0.444 e. The molecule has 0 fully saturated rings. The Balaban J connectivity index is 2.66. The zero-order chi connectivity index (χ0) is 11.4. The molecule has 1 aromatic heterocycles. The van der Waals surface area contributed by atoms with Crippen LogP contribution in [0.4, 0.5) is 0 Å². The van der Waals surface area contributed by atoms with Crippen molar-refractivity contribution in [2.24, 2.45) is 5.73 Å². The highest BCUT2D eigenvalue weighted by molar-refractivity contribution is 9.10. The molecule has 0 bridgehead atoms. The number of hydrogen-bond donors (Lipinski definition) is 2. The molecular formula is C8H10BrN3O2S. The number of nitrogens with zero attached hydrogens (tertiary/aromatic N) is 1. The Labute approximate surface area is 101 Å². The van der Waals surface area contributed by atoms with Gasteiger partial charge in [0.05, 0.1) is 0 Å². The molecule has 15 heavy (non-hydrogen) atoms. The summed E-state index contributed by atoms with van der Waals surface area (Å²) in [6.45, 7) is 2.31. The van der Waals surface area contributed by atoms with Crippen molar-refractivity contribution in [3.63, 3.8) is 0 Å². The lowest BCUT2D eigenvalue weighted by atomic mass is 10.4. The summed E-state index contributed by atoms with van der Waals surface area (Å²) < 4.78 is 5.56. The molecule has 0 radical (unpaired) electrons. The van der Waals surface area contributed by atoms with Gasteiger partial charge in [-0.3, -0.25) is 15.2 Å². The summed E-state index contributed by atoms with van der Waals surface area (Å²) in [6.07, 6.45) is 0. The molecule has 0 atom stereocenters. The summed E-state index contributed by atoms with van der Waals surface area (Å²) in [7, 11) is 0. The third kappa shape index (κ3) is 3.21. The lowest BCUT2D eigenvalue weighted by Gasteiger charge is -2.20. The van der Waals surface area contributed by atoms with E-state index in [0.717, 1.165) is 0 Å². The first kappa shape index (κ1) is 12.0. The number of thiocarbonyl (C=S) groups is 1. The first-order chi connectivity index (χ1) is 7.04. The standard InChI is InChI=1S/C8H10BrN3O2S/c1-2-12(8(10)15)11-7(13)5-3-4-6(9)14-5/h3-4H,2H2,1H3,(H2,10,15)(H,11,13). The number of hydrazine groups is 1. The normalized spacial score (nSPS) is 9.73. The smallest absolute Gasteiger partial charge is 0.305 e. The van der Waals surface area contributed by atoms with Gasteiger partial charge >= 0.3 is 5.91 Å². The van der Waals surface area contributed by atoms with Crippen molar-refractivity contribution in [3.05, 3.63) is 22.6 Å². The third-order valence-electron chi connectivity index (χ3n) is 1.62. The minimum atomic E-state index is -0.393. The van der Waals surface area contributed by atoms with Crippen molar-refractivity contribution >= 4 is 39.2 Å². The first-order valence-electron chi connectivity index (χ1n) is 4.18. The fourth-order valence-electron chi connectivity index (χ4n) is 0.904. The predicted molar refractivity (Wildman–Crippen MR) is 63.0 cm³/mol. The maximum absolute atomic E-state index is 11.5. The fourth-order valence-corrected chi connectivity index (χ4v) is 1.39. The molecule has 3 N–H and O–H groups in total. The Morgan fingerprint density at radius 1 is 1.73 bits per heavy atom. The number of halogens is 1. The van der Waals surface area contributed by atoms with E-state index in [-0.39, 0.29) is 10.9 Å². The van der Waals surface area contributed by atoms with Crippen LogP contribution in [0, 0.1) is 0 Å². The van der Waals surface area contributed by atoms with Crippen LogP contribution in [0.25, 0.3) is 0 Å². The molecule has 0 aliphatic heterocycles. The van der Waals surface area contributed by atoms with E-state index in [9.17, 15) is 4.79 Å². The first-order valence-corrected chi connectivity index (χ1v) is 5.38. The van der Waals surface area contributed by atoms with Crippen LogP contribution in [0.3, 0.4) is 0 Å².